The minimum atomic E-state index is -3.23. The summed E-state index contributed by atoms with van der Waals surface area (Å²) in [5, 5.41) is 5.89. The quantitative estimate of drug-likeness (QED) is 0.842. The van der Waals surface area contributed by atoms with Gasteiger partial charge in [-0.3, -0.25) is 4.79 Å². The van der Waals surface area contributed by atoms with Gasteiger partial charge in [0.1, 0.15) is 0 Å². The molecule has 1 amide bonds. The van der Waals surface area contributed by atoms with Gasteiger partial charge in [-0.25, -0.2) is 8.42 Å². The first-order valence-corrected chi connectivity index (χ1v) is 8.80. The van der Waals surface area contributed by atoms with E-state index in [-0.39, 0.29) is 12.5 Å². The van der Waals surface area contributed by atoms with E-state index in [1.165, 1.54) is 6.26 Å². The van der Waals surface area contributed by atoms with Gasteiger partial charge < -0.3 is 10.6 Å². The average Bonchev–Trinajstić information content (AvgIpc) is 2.37. The number of hydrogen-bond donors (Lipinski definition) is 2. The molecular weight excluding hydrogens is 288 g/mol. The lowest BCUT2D eigenvalue weighted by Crippen LogP contribution is -2.43. The first-order valence-electron chi connectivity index (χ1n) is 6.91. The number of amides is 1. The Morgan fingerprint density at radius 1 is 1.29 bits per heavy atom. The Hall–Kier alpha value is -1.56. The molecular formula is C15H24N2O3S. The largest absolute Gasteiger partial charge is 0.385 e. The summed E-state index contributed by atoms with van der Waals surface area (Å²) in [6.07, 6.45) is 1.18. The van der Waals surface area contributed by atoms with Crippen LogP contribution in [0, 0.1) is 6.92 Å². The van der Waals surface area contributed by atoms with Crippen LogP contribution < -0.4 is 10.6 Å². The summed E-state index contributed by atoms with van der Waals surface area (Å²) in [4.78, 5) is 12.1. The van der Waals surface area contributed by atoms with Gasteiger partial charge in [0.25, 0.3) is 5.91 Å². The molecule has 21 heavy (non-hydrogen) atoms. The van der Waals surface area contributed by atoms with Crippen LogP contribution in [-0.2, 0) is 9.84 Å². The van der Waals surface area contributed by atoms with E-state index >= 15 is 0 Å². The Morgan fingerprint density at radius 3 is 2.38 bits per heavy atom. The van der Waals surface area contributed by atoms with E-state index in [4.69, 9.17) is 0 Å². The molecule has 0 saturated carbocycles. The van der Waals surface area contributed by atoms with Crippen molar-refractivity contribution in [3.63, 3.8) is 0 Å². The molecule has 0 aliphatic rings. The number of anilines is 1. The zero-order valence-electron chi connectivity index (χ0n) is 13.3. The standard InChI is InChI=1S/C15H24N2O3S/c1-6-16-13-8-7-12(9-11(13)2)14(18)17-10-15(3,4)21(5,19)20/h7-9,16H,6,10H2,1-5H3,(H,17,18). The fourth-order valence-electron chi connectivity index (χ4n) is 1.72. The molecule has 6 heteroatoms. The SMILES string of the molecule is CCNc1ccc(C(=O)NCC(C)(C)S(C)(=O)=O)cc1C. The Kier molecular flexibility index (Phi) is 5.39. The first-order chi connectivity index (χ1) is 9.58. The van der Waals surface area contributed by atoms with E-state index in [2.05, 4.69) is 10.6 Å². The van der Waals surface area contributed by atoms with Gasteiger partial charge >= 0.3 is 0 Å². The maximum absolute atomic E-state index is 12.1. The van der Waals surface area contributed by atoms with Crippen molar-refractivity contribution < 1.29 is 13.2 Å². The number of rotatable bonds is 6. The van der Waals surface area contributed by atoms with E-state index in [1.54, 1.807) is 26.0 Å². The molecule has 0 bridgehead atoms. The number of sulfone groups is 1. The number of nitrogens with one attached hydrogen (secondary N) is 2. The van der Waals surface area contributed by atoms with Gasteiger partial charge in [-0.15, -0.1) is 0 Å². The van der Waals surface area contributed by atoms with Crippen LogP contribution in [0.15, 0.2) is 18.2 Å². The van der Waals surface area contributed by atoms with Crippen LogP contribution in [0.4, 0.5) is 5.69 Å². The molecule has 0 unspecified atom stereocenters. The lowest BCUT2D eigenvalue weighted by Gasteiger charge is -2.22. The second-order valence-electron chi connectivity index (χ2n) is 5.77. The maximum Gasteiger partial charge on any atom is 0.251 e. The Bertz CT molecular complexity index is 622. The van der Waals surface area contributed by atoms with Crippen LogP contribution in [0.2, 0.25) is 0 Å². The Labute approximate surface area is 127 Å². The van der Waals surface area contributed by atoms with Gasteiger partial charge in [0.15, 0.2) is 9.84 Å². The minimum Gasteiger partial charge on any atom is -0.385 e. The van der Waals surface area contributed by atoms with Crippen LogP contribution in [0.25, 0.3) is 0 Å². The molecule has 0 heterocycles. The number of aryl methyl sites for hydroxylation is 1. The molecule has 118 valence electrons. The summed E-state index contributed by atoms with van der Waals surface area (Å²) >= 11 is 0. The molecule has 0 spiro atoms. The average molecular weight is 312 g/mol. The normalized spacial score (nSPS) is 12.0. The van der Waals surface area contributed by atoms with Crippen molar-refractivity contribution in [2.24, 2.45) is 0 Å². The highest BCUT2D eigenvalue weighted by Gasteiger charge is 2.30. The summed E-state index contributed by atoms with van der Waals surface area (Å²) in [7, 11) is -3.23. The van der Waals surface area contributed by atoms with Crippen molar-refractivity contribution in [3.8, 4) is 0 Å². The van der Waals surface area contributed by atoms with Crippen molar-refractivity contribution >= 4 is 21.4 Å². The van der Waals surface area contributed by atoms with Crippen LogP contribution in [0.3, 0.4) is 0 Å². The highest BCUT2D eigenvalue weighted by atomic mass is 32.2. The summed E-state index contributed by atoms with van der Waals surface area (Å²) in [6.45, 7) is 8.03. The number of hydrogen-bond acceptors (Lipinski definition) is 4. The summed E-state index contributed by atoms with van der Waals surface area (Å²) in [5.74, 6) is -0.266. The zero-order valence-corrected chi connectivity index (χ0v) is 14.1. The second-order valence-corrected chi connectivity index (χ2v) is 8.42. The van der Waals surface area contributed by atoms with Crippen molar-refractivity contribution in [1.82, 2.24) is 5.32 Å². The van der Waals surface area contributed by atoms with Gasteiger partial charge in [0.05, 0.1) is 4.75 Å². The molecule has 0 atom stereocenters. The van der Waals surface area contributed by atoms with Gasteiger partial charge in [-0.1, -0.05) is 0 Å². The van der Waals surface area contributed by atoms with Crippen LogP contribution in [0.5, 0.6) is 0 Å². The van der Waals surface area contributed by atoms with E-state index in [1.807, 2.05) is 19.9 Å². The van der Waals surface area contributed by atoms with Crippen molar-refractivity contribution in [3.05, 3.63) is 29.3 Å². The topological polar surface area (TPSA) is 75.3 Å². The van der Waals surface area contributed by atoms with Crippen molar-refractivity contribution in [2.75, 3.05) is 24.7 Å². The van der Waals surface area contributed by atoms with Crippen molar-refractivity contribution in [2.45, 2.75) is 32.4 Å². The summed E-state index contributed by atoms with van der Waals surface area (Å²) in [6, 6.07) is 5.38. The molecule has 0 aromatic heterocycles. The second kappa shape index (κ2) is 6.47. The van der Waals surface area contributed by atoms with Crippen LogP contribution in [-0.4, -0.2) is 38.4 Å². The van der Waals surface area contributed by atoms with Gasteiger partial charge in [-0.2, -0.15) is 0 Å². The van der Waals surface area contributed by atoms with E-state index in [9.17, 15) is 13.2 Å². The highest BCUT2D eigenvalue weighted by Crippen LogP contribution is 2.17. The van der Waals surface area contributed by atoms with Gasteiger partial charge in [0, 0.05) is 30.6 Å². The van der Waals surface area contributed by atoms with E-state index in [0.29, 0.717) is 5.56 Å². The van der Waals surface area contributed by atoms with Gasteiger partial charge in [0.2, 0.25) is 0 Å². The third kappa shape index (κ3) is 4.46. The molecule has 5 nitrogen and oxygen atoms in total. The molecule has 0 aliphatic carbocycles. The summed E-state index contributed by atoms with van der Waals surface area (Å²) < 4.78 is 22.2. The lowest BCUT2D eigenvalue weighted by atomic mass is 10.1. The molecule has 0 radical (unpaired) electrons. The number of benzene rings is 1. The number of carbonyl (C=O) groups is 1. The van der Waals surface area contributed by atoms with Crippen molar-refractivity contribution in [1.29, 1.82) is 0 Å². The molecule has 2 N–H and O–H groups in total. The first kappa shape index (κ1) is 17.5. The summed E-state index contributed by atoms with van der Waals surface area (Å²) in [5.41, 5.74) is 2.50. The van der Waals surface area contributed by atoms with Crippen LogP contribution >= 0.6 is 0 Å². The molecule has 1 rings (SSSR count). The third-order valence-corrected chi connectivity index (χ3v) is 5.69. The molecule has 0 saturated heterocycles. The molecule has 1 aromatic rings. The number of carbonyl (C=O) groups excluding carboxylic acids is 1. The van der Waals surface area contributed by atoms with E-state index < -0.39 is 14.6 Å². The lowest BCUT2D eigenvalue weighted by molar-refractivity contribution is 0.0950. The minimum absolute atomic E-state index is 0.0820. The maximum atomic E-state index is 12.1. The monoisotopic (exact) mass is 312 g/mol. The Balaban J connectivity index is 2.80. The van der Waals surface area contributed by atoms with Crippen LogP contribution in [0.1, 0.15) is 36.7 Å². The zero-order chi connectivity index (χ0) is 16.3. The van der Waals surface area contributed by atoms with Gasteiger partial charge in [-0.05, 0) is 51.5 Å². The fourth-order valence-corrected chi connectivity index (χ4v) is 2.05. The Morgan fingerprint density at radius 2 is 1.90 bits per heavy atom. The smallest absolute Gasteiger partial charge is 0.251 e. The fraction of sp³-hybridized carbons (Fsp3) is 0.533. The predicted octanol–water partition coefficient (Wildman–Crippen LogP) is 1.98. The van der Waals surface area contributed by atoms with E-state index in [0.717, 1.165) is 17.8 Å². The highest BCUT2D eigenvalue weighted by molar-refractivity contribution is 7.92. The molecule has 0 fully saturated rings. The molecule has 0 aliphatic heterocycles. The predicted molar refractivity (Wildman–Crippen MR) is 86.6 cm³/mol. The third-order valence-electron chi connectivity index (χ3n) is 3.53. The molecule has 1 aromatic carbocycles.